The first kappa shape index (κ1) is 18.9. The summed E-state index contributed by atoms with van der Waals surface area (Å²) in [7, 11) is 0. The molecule has 2 aromatic carbocycles. The number of rotatable bonds is 5. The summed E-state index contributed by atoms with van der Waals surface area (Å²) in [5.41, 5.74) is 3.26. The molecule has 0 unspecified atom stereocenters. The van der Waals surface area contributed by atoms with E-state index in [1.54, 1.807) is 0 Å². The molecular formula is C23H26BrNO. The Hall–Kier alpha value is -1.87. The number of hydrogen-bond donors (Lipinski definition) is 0. The number of benzene rings is 2. The van der Waals surface area contributed by atoms with Crippen molar-refractivity contribution in [2.75, 3.05) is 4.90 Å². The first-order valence-corrected chi connectivity index (χ1v) is 10.3. The van der Waals surface area contributed by atoms with Gasteiger partial charge in [-0.3, -0.25) is 4.79 Å². The highest BCUT2D eigenvalue weighted by Crippen LogP contribution is 2.29. The van der Waals surface area contributed by atoms with Crippen LogP contribution < -0.4 is 4.90 Å². The van der Waals surface area contributed by atoms with Gasteiger partial charge in [0.05, 0.1) is 6.54 Å². The predicted molar refractivity (Wildman–Crippen MR) is 113 cm³/mol. The third kappa shape index (κ3) is 4.85. The van der Waals surface area contributed by atoms with Crippen molar-refractivity contribution in [2.24, 2.45) is 5.92 Å². The van der Waals surface area contributed by atoms with E-state index in [0.29, 0.717) is 6.54 Å². The van der Waals surface area contributed by atoms with Gasteiger partial charge in [0.2, 0.25) is 5.91 Å². The van der Waals surface area contributed by atoms with E-state index in [4.69, 9.17) is 0 Å². The fourth-order valence-corrected chi connectivity index (χ4v) is 3.89. The minimum absolute atomic E-state index is 0.157. The molecular weight excluding hydrogens is 386 g/mol. The number of nitrogens with zero attached hydrogens (tertiary/aromatic N) is 1. The van der Waals surface area contributed by atoms with Crippen LogP contribution >= 0.6 is 15.9 Å². The number of anilines is 1. The van der Waals surface area contributed by atoms with Gasteiger partial charge in [-0.05, 0) is 55.2 Å². The molecule has 0 radical (unpaired) electrons. The SMILES string of the molecule is C/C=C/c1cccc(N(Cc2ccc(Br)cc2)C(=O)C2CCCCC2)c1. The van der Waals surface area contributed by atoms with E-state index >= 15 is 0 Å². The van der Waals surface area contributed by atoms with E-state index in [0.717, 1.165) is 34.1 Å². The summed E-state index contributed by atoms with van der Waals surface area (Å²) in [5, 5.41) is 0. The zero-order valence-electron chi connectivity index (χ0n) is 15.3. The maximum absolute atomic E-state index is 13.3. The molecule has 2 aromatic rings. The van der Waals surface area contributed by atoms with Gasteiger partial charge in [-0.25, -0.2) is 0 Å². The molecule has 0 aliphatic heterocycles. The number of amides is 1. The topological polar surface area (TPSA) is 20.3 Å². The van der Waals surface area contributed by atoms with E-state index in [1.807, 2.05) is 42.2 Å². The molecule has 0 bridgehead atoms. The van der Waals surface area contributed by atoms with Gasteiger partial charge in [0.15, 0.2) is 0 Å². The number of carbonyl (C=O) groups excluding carboxylic acids is 1. The van der Waals surface area contributed by atoms with Crippen LogP contribution in [0.5, 0.6) is 0 Å². The van der Waals surface area contributed by atoms with Crippen molar-refractivity contribution in [1.29, 1.82) is 0 Å². The summed E-state index contributed by atoms with van der Waals surface area (Å²) in [6, 6.07) is 16.5. The van der Waals surface area contributed by atoms with Gasteiger partial charge < -0.3 is 4.90 Å². The molecule has 3 heteroatoms. The van der Waals surface area contributed by atoms with Gasteiger partial charge in [0, 0.05) is 16.1 Å². The van der Waals surface area contributed by atoms with Crippen molar-refractivity contribution in [2.45, 2.75) is 45.6 Å². The van der Waals surface area contributed by atoms with E-state index < -0.39 is 0 Å². The minimum atomic E-state index is 0.157. The van der Waals surface area contributed by atoms with Crippen molar-refractivity contribution < 1.29 is 4.79 Å². The number of hydrogen-bond acceptors (Lipinski definition) is 1. The lowest BCUT2D eigenvalue weighted by Gasteiger charge is -2.30. The molecule has 0 aromatic heterocycles. The summed E-state index contributed by atoms with van der Waals surface area (Å²) in [6.07, 6.45) is 9.73. The van der Waals surface area contributed by atoms with Gasteiger partial charge in [-0.1, -0.05) is 71.6 Å². The number of carbonyl (C=O) groups is 1. The van der Waals surface area contributed by atoms with Gasteiger partial charge in [0.1, 0.15) is 0 Å². The summed E-state index contributed by atoms with van der Waals surface area (Å²) in [4.78, 5) is 15.3. The first-order chi connectivity index (χ1) is 12.7. The lowest BCUT2D eigenvalue weighted by molar-refractivity contribution is -0.123. The molecule has 1 aliphatic rings. The Balaban J connectivity index is 1.90. The molecule has 0 spiro atoms. The van der Waals surface area contributed by atoms with Crippen LogP contribution in [0.1, 0.15) is 50.2 Å². The van der Waals surface area contributed by atoms with Gasteiger partial charge >= 0.3 is 0 Å². The van der Waals surface area contributed by atoms with Crippen molar-refractivity contribution in [3.63, 3.8) is 0 Å². The van der Waals surface area contributed by atoms with Crippen molar-refractivity contribution >= 4 is 33.6 Å². The molecule has 3 rings (SSSR count). The van der Waals surface area contributed by atoms with Crippen LogP contribution in [-0.4, -0.2) is 5.91 Å². The Labute approximate surface area is 165 Å². The van der Waals surface area contributed by atoms with Crippen LogP contribution in [0.2, 0.25) is 0 Å². The summed E-state index contributed by atoms with van der Waals surface area (Å²) in [6.45, 7) is 2.63. The van der Waals surface area contributed by atoms with Crippen molar-refractivity contribution in [3.05, 3.63) is 70.2 Å². The Kier molecular flexibility index (Phi) is 6.67. The molecule has 136 valence electrons. The summed E-state index contributed by atoms with van der Waals surface area (Å²) in [5.74, 6) is 0.426. The predicted octanol–water partition coefficient (Wildman–Crippen LogP) is 6.60. The molecule has 1 fully saturated rings. The van der Waals surface area contributed by atoms with Crippen LogP contribution in [0, 0.1) is 5.92 Å². The second kappa shape index (κ2) is 9.18. The smallest absolute Gasteiger partial charge is 0.230 e. The summed E-state index contributed by atoms with van der Waals surface area (Å²) >= 11 is 3.49. The number of halogens is 1. The maximum Gasteiger partial charge on any atom is 0.230 e. The lowest BCUT2D eigenvalue weighted by Crippen LogP contribution is -2.36. The van der Waals surface area contributed by atoms with Crippen molar-refractivity contribution in [3.8, 4) is 0 Å². The molecule has 26 heavy (non-hydrogen) atoms. The highest BCUT2D eigenvalue weighted by molar-refractivity contribution is 9.10. The third-order valence-corrected chi connectivity index (χ3v) is 5.54. The third-order valence-electron chi connectivity index (χ3n) is 5.02. The minimum Gasteiger partial charge on any atom is -0.308 e. The van der Waals surface area contributed by atoms with E-state index in [-0.39, 0.29) is 11.8 Å². The number of allylic oxidation sites excluding steroid dienone is 1. The highest BCUT2D eigenvalue weighted by atomic mass is 79.9. The second-order valence-electron chi connectivity index (χ2n) is 6.98. The molecule has 0 N–H and O–H groups in total. The standard InChI is InChI=1S/C23H26BrNO/c1-2-7-18-8-6-11-22(16-18)25(17-19-12-14-21(24)15-13-19)23(26)20-9-4-3-5-10-20/h2,6-8,11-16,20H,3-5,9-10,17H2,1H3/b7-2+. The molecule has 2 nitrogen and oxygen atoms in total. The summed E-state index contributed by atoms with van der Waals surface area (Å²) < 4.78 is 1.06. The van der Waals surface area contributed by atoms with Crippen molar-refractivity contribution in [1.82, 2.24) is 0 Å². The van der Waals surface area contributed by atoms with Gasteiger partial charge in [0.25, 0.3) is 0 Å². The van der Waals surface area contributed by atoms with Gasteiger partial charge in [-0.2, -0.15) is 0 Å². The maximum atomic E-state index is 13.3. The largest absolute Gasteiger partial charge is 0.308 e. The monoisotopic (exact) mass is 411 g/mol. The molecule has 1 saturated carbocycles. The first-order valence-electron chi connectivity index (χ1n) is 9.46. The van der Waals surface area contributed by atoms with Crippen LogP contribution in [-0.2, 0) is 11.3 Å². The quantitative estimate of drug-likeness (QED) is 0.542. The highest BCUT2D eigenvalue weighted by Gasteiger charge is 2.27. The fraction of sp³-hybridized carbons (Fsp3) is 0.348. The molecule has 0 atom stereocenters. The molecule has 1 amide bonds. The Morgan fingerprint density at radius 3 is 2.54 bits per heavy atom. The average Bonchev–Trinajstić information content (AvgIpc) is 2.68. The molecule has 0 heterocycles. The van der Waals surface area contributed by atoms with E-state index in [2.05, 4.69) is 46.3 Å². The lowest BCUT2D eigenvalue weighted by atomic mass is 9.88. The average molecular weight is 412 g/mol. The Morgan fingerprint density at radius 2 is 1.85 bits per heavy atom. The van der Waals surface area contributed by atoms with E-state index in [9.17, 15) is 4.79 Å². The zero-order valence-corrected chi connectivity index (χ0v) is 16.9. The normalized spacial score (nSPS) is 15.3. The van der Waals surface area contributed by atoms with Gasteiger partial charge in [-0.15, -0.1) is 0 Å². The van der Waals surface area contributed by atoms with E-state index in [1.165, 1.54) is 19.3 Å². The van der Waals surface area contributed by atoms with Crippen LogP contribution in [0.3, 0.4) is 0 Å². The zero-order chi connectivity index (χ0) is 18.4. The van der Waals surface area contributed by atoms with Crippen LogP contribution in [0.4, 0.5) is 5.69 Å². The van der Waals surface area contributed by atoms with Crippen LogP contribution in [0.25, 0.3) is 6.08 Å². The van der Waals surface area contributed by atoms with Crippen LogP contribution in [0.15, 0.2) is 59.1 Å². The molecule has 1 aliphatic carbocycles. The Bertz CT molecular complexity index is 760. The second-order valence-corrected chi connectivity index (χ2v) is 7.90. The fourth-order valence-electron chi connectivity index (χ4n) is 3.63. The molecule has 0 saturated heterocycles. The Morgan fingerprint density at radius 1 is 1.12 bits per heavy atom.